The molecule has 2 heterocycles. The van der Waals surface area contributed by atoms with E-state index in [1.165, 1.54) is 40.3 Å². The van der Waals surface area contributed by atoms with Gasteiger partial charge in [0, 0.05) is 40.3 Å². The van der Waals surface area contributed by atoms with Gasteiger partial charge >= 0.3 is 0 Å². The maximum Gasteiger partial charge on any atom is 0.113 e. The molecule has 10 heteroatoms. The van der Waals surface area contributed by atoms with Gasteiger partial charge in [-0.25, -0.2) is 0 Å². The average molecular weight is 773 g/mol. The lowest BCUT2D eigenvalue weighted by Gasteiger charge is -2.28. The highest BCUT2D eigenvalue weighted by atomic mass is 32.1. The van der Waals surface area contributed by atoms with Gasteiger partial charge in [0.15, 0.2) is 0 Å². The second kappa shape index (κ2) is 14.0. The van der Waals surface area contributed by atoms with E-state index in [4.69, 9.17) is 62.8 Å². The van der Waals surface area contributed by atoms with E-state index in [2.05, 4.69) is 133 Å². The van der Waals surface area contributed by atoms with Crippen molar-refractivity contribution in [1.29, 1.82) is 0 Å². The Labute approximate surface area is 366 Å². The summed E-state index contributed by atoms with van der Waals surface area (Å²) in [6.45, 7) is 0. The number of hydrogen-bond acceptors (Lipinski definition) is 2. The third-order valence-electron chi connectivity index (χ3n) is 12.1. The summed E-state index contributed by atoms with van der Waals surface area (Å²) in [5.74, 6) is 0. The van der Waals surface area contributed by atoms with Crippen LogP contribution in [0.2, 0.25) is 0 Å². The Balaban J connectivity index is 1.17. The Hall–Kier alpha value is -5.54. The van der Waals surface area contributed by atoms with E-state index in [0.717, 1.165) is 33.4 Å². The van der Waals surface area contributed by atoms with Crippen LogP contribution in [0.25, 0.3) is 106 Å². The predicted molar refractivity (Wildman–Crippen MR) is 272 cm³/mol. The molecule has 0 bridgehead atoms. The van der Waals surface area contributed by atoms with E-state index < -0.39 is 0 Å². The van der Waals surface area contributed by atoms with Crippen LogP contribution in [0.1, 0.15) is 0 Å². The summed E-state index contributed by atoms with van der Waals surface area (Å²) in [7, 11) is 54.8. The van der Waals surface area contributed by atoms with Gasteiger partial charge < -0.3 is 0 Å². The second-order valence-electron chi connectivity index (χ2n) is 15.3. The van der Waals surface area contributed by atoms with Crippen LogP contribution in [0.5, 0.6) is 0 Å². The molecular formula is C50H22B8S2. The molecule has 0 N–H and O–H groups in total. The standard InChI is InChI=1S/C50H22B8S2/c51-41-37-35(25-19-15-23(16-20-25)27-9-5-11-31-29-7-1-3-13-33(29)59-49(27)31)38-40(44(54)48(58)46(56)42(38)52)36(39(37)43(53)47(57)45(41)55)26-21-17-24(18-22-26)28-10-6-12-32-30-8-2-4-14-34(30)60-50(28)32/h1-22H. The van der Waals surface area contributed by atoms with Gasteiger partial charge in [0.25, 0.3) is 0 Å². The van der Waals surface area contributed by atoms with Crippen LogP contribution in [0, 0.1) is 0 Å². The molecule has 0 nitrogen and oxygen atoms in total. The van der Waals surface area contributed by atoms with E-state index in [0.29, 0.717) is 32.7 Å². The monoisotopic (exact) mass is 774 g/mol. The number of rotatable bonds is 4. The van der Waals surface area contributed by atoms with Gasteiger partial charge in [0.05, 0.1) is 0 Å². The Bertz CT molecular complexity index is 3300. The molecule has 9 aromatic carbocycles. The van der Waals surface area contributed by atoms with Crippen LogP contribution in [0.15, 0.2) is 133 Å². The minimum Gasteiger partial charge on any atom is -0.135 e. The maximum absolute atomic E-state index is 7.04. The fourth-order valence-corrected chi connectivity index (χ4v) is 11.6. The Kier molecular flexibility index (Phi) is 8.75. The van der Waals surface area contributed by atoms with Crippen molar-refractivity contribution in [3.8, 4) is 44.5 Å². The van der Waals surface area contributed by atoms with Crippen molar-refractivity contribution in [3.63, 3.8) is 0 Å². The first-order valence-corrected chi connectivity index (χ1v) is 21.0. The third-order valence-corrected chi connectivity index (χ3v) is 14.5. The van der Waals surface area contributed by atoms with Crippen LogP contribution < -0.4 is 43.7 Å². The Morgan fingerprint density at radius 2 is 0.567 bits per heavy atom. The molecule has 258 valence electrons. The molecule has 11 rings (SSSR count). The molecule has 11 aromatic rings. The minimum absolute atomic E-state index is 0.182. The van der Waals surface area contributed by atoms with Crippen molar-refractivity contribution < 1.29 is 0 Å². The molecule has 0 aliphatic rings. The summed E-state index contributed by atoms with van der Waals surface area (Å²) in [4.78, 5) is 0. The average Bonchev–Trinajstić information content (AvgIpc) is 3.87. The number of benzene rings is 9. The summed E-state index contributed by atoms with van der Waals surface area (Å²) in [6, 6.07) is 46.5. The van der Waals surface area contributed by atoms with Crippen LogP contribution in [-0.4, -0.2) is 62.8 Å². The molecular weight excluding hydrogens is 751 g/mol. The lowest BCUT2D eigenvalue weighted by Crippen LogP contribution is -2.50. The summed E-state index contributed by atoms with van der Waals surface area (Å²) < 4.78 is 4.93. The van der Waals surface area contributed by atoms with Crippen LogP contribution in [0.3, 0.4) is 0 Å². The van der Waals surface area contributed by atoms with Gasteiger partial charge in [0.2, 0.25) is 0 Å². The molecule has 0 saturated heterocycles. The molecule has 0 unspecified atom stereocenters. The third kappa shape index (κ3) is 5.40. The summed E-state index contributed by atoms with van der Waals surface area (Å²) in [5.41, 5.74) is 9.17. The van der Waals surface area contributed by atoms with Crippen molar-refractivity contribution in [2.75, 3.05) is 0 Å². The lowest BCUT2D eigenvalue weighted by molar-refractivity contribution is 1.65. The number of thiophene rings is 2. The van der Waals surface area contributed by atoms with Crippen LogP contribution in [0.4, 0.5) is 0 Å². The molecule has 2 aromatic heterocycles. The highest BCUT2D eigenvalue weighted by Crippen LogP contribution is 2.44. The van der Waals surface area contributed by atoms with E-state index in [1.54, 1.807) is 22.7 Å². The zero-order valence-electron chi connectivity index (χ0n) is 32.1. The Morgan fingerprint density at radius 1 is 0.267 bits per heavy atom. The van der Waals surface area contributed by atoms with Crippen LogP contribution >= 0.6 is 22.7 Å². The van der Waals surface area contributed by atoms with Gasteiger partial charge in [-0.1, -0.05) is 143 Å². The molecule has 0 amide bonds. The number of hydrogen-bond donors (Lipinski definition) is 0. The van der Waals surface area contributed by atoms with Crippen molar-refractivity contribution in [1.82, 2.24) is 0 Å². The van der Waals surface area contributed by atoms with Crippen molar-refractivity contribution in [3.05, 3.63) is 133 Å². The van der Waals surface area contributed by atoms with E-state index >= 15 is 0 Å². The van der Waals surface area contributed by atoms with E-state index in [1.807, 2.05) is 0 Å². The molecule has 0 aliphatic heterocycles. The maximum atomic E-state index is 7.04. The summed E-state index contributed by atoms with van der Waals surface area (Å²) in [6.07, 6.45) is 0. The van der Waals surface area contributed by atoms with Crippen molar-refractivity contribution in [2.45, 2.75) is 0 Å². The first-order valence-electron chi connectivity index (χ1n) is 19.4. The molecule has 0 spiro atoms. The smallest absolute Gasteiger partial charge is 0.113 e. The molecule has 0 fully saturated rings. The Morgan fingerprint density at radius 3 is 0.917 bits per heavy atom. The summed E-state index contributed by atoms with van der Waals surface area (Å²) >= 11 is 3.58. The second-order valence-corrected chi connectivity index (χ2v) is 17.4. The quantitative estimate of drug-likeness (QED) is 0.158. The summed E-state index contributed by atoms with van der Waals surface area (Å²) in [5, 5.41) is 7.31. The largest absolute Gasteiger partial charge is 0.135 e. The zero-order valence-corrected chi connectivity index (χ0v) is 33.8. The first kappa shape index (κ1) is 37.5. The molecule has 0 atom stereocenters. The van der Waals surface area contributed by atoms with E-state index in [-0.39, 0.29) is 43.7 Å². The van der Waals surface area contributed by atoms with Gasteiger partial charge in [-0.2, -0.15) is 0 Å². The fraction of sp³-hybridized carbons (Fsp3) is 0. The van der Waals surface area contributed by atoms with Crippen molar-refractivity contribution in [2.24, 2.45) is 0 Å². The molecule has 60 heavy (non-hydrogen) atoms. The SMILES string of the molecule is [B]c1c([B])c([B])c2c(-c3ccc(-c4cccc5c4sc4ccccc45)cc3)c3c([B])c([B])c([B])c([B])c3c(-c3ccc(-c4cccc5c4sc4ccccc45)cc3)c2c1[B]. The zero-order chi connectivity index (χ0) is 41.1. The fourth-order valence-electron chi connectivity index (χ4n) is 9.11. The molecule has 0 aliphatic carbocycles. The lowest BCUT2D eigenvalue weighted by atomic mass is 9.59. The number of fused-ring (bicyclic) bond motifs is 8. The highest BCUT2D eigenvalue weighted by molar-refractivity contribution is 7.26. The minimum atomic E-state index is 0.182. The van der Waals surface area contributed by atoms with Crippen molar-refractivity contribution >= 4 is 191 Å². The van der Waals surface area contributed by atoms with Gasteiger partial charge in [-0.3, -0.25) is 0 Å². The van der Waals surface area contributed by atoms with Gasteiger partial charge in [-0.05, 0) is 78.2 Å². The first-order chi connectivity index (χ1) is 29.1. The van der Waals surface area contributed by atoms with Gasteiger partial charge in [-0.15, -0.1) is 44.5 Å². The van der Waals surface area contributed by atoms with Gasteiger partial charge in [0.1, 0.15) is 62.8 Å². The topological polar surface area (TPSA) is 0 Å². The van der Waals surface area contributed by atoms with Crippen LogP contribution in [-0.2, 0) is 0 Å². The molecule has 0 saturated carbocycles. The van der Waals surface area contributed by atoms with E-state index in [9.17, 15) is 0 Å². The molecule has 16 radical (unpaired) electrons. The normalized spacial score (nSPS) is 11.9. The predicted octanol–water partition coefficient (Wildman–Crippen LogP) is 5.75. The highest BCUT2D eigenvalue weighted by Gasteiger charge is 2.25.